The van der Waals surface area contributed by atoms with Gasteiger partial charge in [-0.3, -0.25) is 9.48 Å². The summed E-state index contributed by atoms with van der Waals surface area (Å²) in [4.78, 5) is 12.4. The standard InChI is InChI=1S/C17H16N2O/c1-12-7-3-4-8-13(12)17(20)11-15-14-9-5-6-10-16(14)19(2)18-15/h3-10H,11H2,1-2H3. The van der Waals surface area contributed by atoms with E-state index >= 15 is 0 Å². The first-order chi connectivity index (χ1) is 9.66. The van der Waals surface area contributed by atoms with Crippen molar-refractivity contribution in [2.75, 3.05) is 0 Å². The second-order valence-electron chi connectivity index (χ2n) is 5.00. The SMILES string of the molecule is Cc1ccccc1C(=O)Cc1nn(C)c2ccccc12. The summed E-state index contributed by atoms with van der Waals surface area (Å²) >= 11 is 0. The quantitative estimate of drug-likeness (QED) is 0.680. The first kappa shape index (κ1) is 12.6. The van der Waals surface area contributed by atoms with Gasteiger partial charge < -0.3 is 0 Å². The number of aryl methyl sites for hydroxylation is 2. The van der Waals surface area contributed by atoms with Crippen molar-refractivity contribution in [3.8, 4) is 0 Å². The van der Waals surface area contributed by atoms with Crippen LogP contribution in [-0.4, -0.2) is 15.6 Å². The average molecular weight is 264 g/mol. The van der Waals surface area contributed by atoms with Gasteiger partial charge in [0.05, 0.1) is 17.6 Å². The van der Waals surface area contributed by atoms with E-state index in [0.29, 0.717) is 6.42 Å². The van der Waals surface area contributed by atoms with Crippen LogP contribution in [0.4, 0.5) is 0 Å². The molecule has 3 rings (SSSR count). The molecule has 3 nitrogen and oxygen atoms in total. The van der Waals surface area contributed by atoms with Crippen LogP contribution in [0.5, 0.6) is 0 Å². The van der Waals surface area contributed by atoms with Crippen molar-refractivity contribution < 1.29 is 4.79 Å². The molecule has 0 aliphatic heterocycles. The number of Topliss-reactive ketones (excluding diaryl/α,β-unsaturated/α-hetero) is 1. The van der Waals surface area contributed by atoms with E-state index < -0.39 is 0 Å². The van der Waals surface area contributed by atoms with Crippen molar-refractivity contribution in [1.29, 1.82) is 0 Å². The van der Waals surface area contributed by atoms with Crippen molar-refractivity contribution >= 4 is 16.7 Å². The normalized spacial score (nSPS) is 10.9. The molecule has 1 aromatic heterocycles. The summed E-state index contributed by atoms with van der Waals surface area (Å²) in [6.07, 6.45) is 0.339. The highest BCUT2D eigenvalue weighted by molar-refractivity contribution is 6.00. The highest BCUT2D eigenvalue weighted by Crippen LogP contribution is 2.19. The van der Waals surface area contributed by atoms with Gasteiger partial charge in [-0.2, -0.15) is 5.10 Å². The fourth-order valence-electron chi connectivity index (χ4n) is 2.55. The van der Waals surface area contributed by atoms with Crippen LogP contribution in [0.25, 0.3) is 10.9 Å². The van der Waals surface area contributed by atoms with Crippen molar-refractivity contribution in [3.05, 3.63) is 65.4 Å². The summed E-state index contributed by atoms with van der Waals surface area (Å²) in [6.45, 7) is 1.96. The van der Waals surface area contributed by atoms with Gasteiger partial charge in [0.2, 0.25) is 0 Å². The molecule has 0 aliphatic rings. The molecule has 0 bridgehead atoms. The first-order valence-electron chi connectivity index (χ1n) is 6.66. The topological polar surface area (TPSA) is 34.9 Å². The molecule has 0 atom stereocenters. The Balaban J connectivity index is 1.98. The minimum Gasteiger partial charge on any atom is -0.294 e. The average Bonchev–Trinajstić information content (AvgIpc) is 2.76. The maximum absolute atomic E-state index is 12.4. The van der Waals surface area contributed by atoms with Gasteiger partial charge in [0.15, 0.2) is 5.78 Å². The smallest absolute Gasteiger partial charge is 0.169 e. The zero-order chi connectivity index (χ0) is 14.1. The van der Waals surface area contributed by atoms with E-state index in [4.69, 9.17) is 0 Å². The maximum atomic E-state index is 12.4. The fourth-order valence-corrected chi connectivity index (χ4v) is 2.55. The number of fused-ring (bicyclic) bond motifs is 1. The second kappa shape index (κ2) is 4.93. The molecular formula is C17H16N2O. The Labute approximate surface area is 117 Å². The molecule has 20 heavy (non-hydrogen) atoms. The third-order valence-corrected chi connectivity index (χ3v) is 3.61. The zero-order valence-corrected chi connectivity index (χ0v) is 11.6. The molecule has 0 spiro atoms. The Kier molecular flexibility index (Phi) is 3.11. The Bertz CT molecular complexity index is 787. The number of hydrogen-bond acceptors (Lipinski definition) is 2. The number of benzene rings is 2. The minimum atomic E-state index is 0.118. The van der Waals surface area contributed by atoms with Gasteiger partial charge in [-0.05, 0) is 18.6 Å². The van der Waals surface area contributed by atoms with E-state index in [-0.39, 0.29) is 5.78 Å². The number of ketones is 1. The summed E-state index contributed by atoms with van der Waals surface area (Å²) in [5.74, 6) is 0.118. The second-order valence-corrected chi connectivity index (χ2v) is 5.00. The lowest BCUT2D eigenvalue weighted by atomic mass is 10.0. The lowest BCUT2D eigenvalue weighted by Crippen LogP contribution is -2.06. The van der Waals surface area contributed by atoms with Gasteiger partial charge in [0, 0.05) is 18.0 Å². The summed E-state index contributed by atoms with van der Waals surface area (Å²) in [5, 5.41) is 5.53. The predicted octanol–water partition coefficient (Wildman–Crippen LogP) is 3.31. The van der Waals surface area contributed by atoms with E-state index in [0.717, 1.165) is 27.7 Å². The molecule has 3 heteroatoms. The highest BCUT2D eigenvalue weighted by Gasteiger charge is 2.14. The largest absolute Gasteiger partial charge is 0.294 e. The molecule has 0 saturated heterocycles. The van der Waals surface area contributed by atoms with Gasteiger partial charge in [-0.25, -0.2) is 0 Å². The molecular weight excluding hydrogens is 248 g/mol. The molecule has 0 unspecified atom stereocenters. The Morgan fingerprint density at radius 3 is 2.60 bits per heavy atom. The van der Waals surface area contributed by atoms with E-state index in [1.165, 1.54) is 0 Å². The van der Waals surface area contributed by atoms with Crippen LogP contribution < -0.4 is 0 Å². The minimum absolute atomic E-state index is 0.118. The number of rotatable bonds is 3. The van der Waals surface area contributed by atoms with Gasteiger partial charge in [0.25, 0.3) is 0 Å². The zero-order valence-electron chi connectivity index (χ0n) is 11.6. The summed E-state index contributed by atoms with van der Waals surface area (Å²) in [6, 6.07) is 15.7. The fraction of sp³-hybridized carbons (Fsp3) is 0.176. The molecule has 0 fully saturated rings. The first-order valence-corrected chi connectivity index (χ1v) is 6.66. The van der Waals surface area contributed by atoms with Crippen molar-refractivity contribution in [1.82, 2.24) is 9.78 Å². The van der Waals surface area contributed by atoms with Crippen LogP contribution in [0.1, 0.15) is 21.6 Å². The van der Waals surface area contributed by atoms with E-state index in [1.807, 2.05) is 67.2 Å². The maximum Gasteiger partial charge on any atom is 0.169 e. The van der Waals surface area contributed by atoms with Crippen LogP contribution in [-0.2, 0) is 13.5 Å². The molecule has 0 saturated carbocycles. The number of carbonyl (C=O) groups excluding carboxylic acids is 1. The van der Waals surface area contributed by atoms with Gasteiger partial charge in [0.1, 0.15) is 0 Å². The number of carbonyl (C=O) groups is 1. The van der Waals surface area contributed by atoms with E-state index in [2.05, 4.69) is 5.10 Å². The van der Waals surface area contributed by atoms with Crippen LogP contribution in [0.3, 0.4) is 0 Å². The summed E-state index contributed by atoms with van der Waals surface area (Å²) < 4.78 is 1.83. The molecule has 0 aliphatic carbocycles. The lowest BCUT2D eigenvalue weighted by molar-refractivity contribution is 0.0991. The Morgan fingerprint density at radius 1 is 1.10 bits per heavy atom. The third-order valence-electron chi connectivity index (χ3n) is 3.61. The van der Waals surface area contributed by atoms with Crippen molar-refractivity contribution in [2.24, 2.45) is 7.05 Å². The van der Waals surface area contributed by atoms with Gasteiger partial charge >= 0.3 is 0 Å². The molecule has 0 radical (unpaired) electrons. The van der Waals surface area contributed by atoms with Crippen LogP contribution in [0.15, 0.2) is 48.5 Å². The van der Waals surface area contributed by atoms with E-state index in [1.54, 1.807) is 0 Å². The van der Waals surface area contributed by atoms with Crippen LogP contribution >= 0.6 is 0 Å². The predicted molar refractivity (Wildman–Crippen MR) is 79.9 cm³/mol. The molecule has 3 aromatic rings. The van der Waals surface area contributed by atoms with E-state index in [9.17, 15) is 4.79 Å². The van der Waals surface area contributed by atoms with Gasteiger partial charge in [-0.15, -0.1) is 0 Å². The van der Waals surface area contributed by atoms with Crippen LogP contribution in [0.2, 0.25) is 0 Å². The lowest BCUT2D eigenvalue weighted by Gasteiger charge is -2.03. The van der Waals surface area contributed by atoms with Crippen molar-refractivity contribution in [2.45, 2.75) is 13.3 Å². The summed E-state index contributed by atoms with van der Waals surface area (Å²) in [7, 11) is 1.91. The van der Waals surface area contributed by atoms with Gasteiger partial charge in [-0.1, -0.05) is 42.5 Å². The number of nitrogens with zero attached hydrogens (tertiary/aromatic N) is 2. The number of hydrogen-bond donors (Lipinski definition) is 0. The summed E-state index contributed by atoms with van der Waals surface area (Å²) in [5.41, 5.74) is 3.69. The number of aromatic nitrogens is 2. The Morgan fingerprint density at radius 2 is 1.80 bits per heavy atom. The molecule has 0 amide bonds. The van der Waals surface area contributed by atoms with Crippen LogP contribution in [0, 0.1) is 6.92 Å². The molecule has 1 heterocycles. The third kappa shape index (κ3) is 2.11. The molecule has 100 valence electrons. The molecule has 2 aromatic carbocycles. The monoisotopic (exact) mass is 264 g/mol. The van der Waals surface area contributed by atoms with Crippen molar-refractivity contribution in [3.63, 3.8) is 0 Å². The Hall–Kier alpha value is -2.42. The molecule has 0 N–H and O–H groups in total. The highest BCUT2D eigenvalue weighted by atomic mass is 16.1. The number of para-hydroxylation sites is 1.